The second-order valence-corrected chi connectivity index (χ2v) is 6.18. The molecule has 1 amide bonds. The average Bonchev–Trinajstić information content (AvgIpc) is 2.53. The molecule has 5 nitrogen and oxygen atoms in total. The van der Waals surface area contributed by atoms with Gasteiger partial charge in [0.2, 0.25) is 0 Å². The minimum atomic E-state index is -0.805. The summed E-state index contributed by atoms with van der Waals surface area (Å²) in [4.78, 5) is 28.1. The molecule has 0 radical (unpaired) electrons. The lowest BCUT2D eigenvalue weighted by Crippen LogP contribution is -2.49. The number of aliphatic carboxylic acids is 1. The molecule has 120 valence electrons. The summed E-state index contributed by atoms with van der Waals surface area (Å²) in [5.41, 5.74) is 0.682. The highest BCUT2D eigenvalue weighted by atomic mass is 16.4. The summed E-state index contributed by atoms with van der Waals surface area (Å²) in [6.07, 6.45) is 1.91. The minimum Gasteiger partial charge on any atom is -0.481 e. The molecule has 1 aliphatic heterocycles. The predicted molar refractivity (Wildman–Crippen MR) is 86.3 cm³/mol. The molecule has 0 spiro atoms. The molecule has 5 heteroatoms. The Kier molecular flexibility index (Phi) is 4.74. The minimum absolute atomic E-state index is 0.0805. The number of rotatable bonds is 4. The quantitative estimate of drug-likeness (QED) is 0.928. The first-order valence-electron chi connectivity index (χ1n) is 7.70. The zero-order valence-corrected chi connectivity index (χ0v) is 13.5. The molecule has 1 aromatic rings. The molecule has 1 saturated heterocycles. The van der Waals surface area contributed by atoms with E-state index < -0.39 is 11.4 Å². The molecule has 1 aromatic carbocycles. The van der Waals surface area contributed by atoms with E-state index in [2.05, 4.69) is 0 Å². The lowest BCUT2D eigenvalue weighted by molar-refractivity contribution is -0.152. The van der Waals surface area contributed by atoms with Crippen molar-refractivity contribution in [3.05, 3.63) is 29.8 Å². The fraction of sp³-hybridized carbons (Fsp3) is 0.529. The Hall–Kier alpha value is -2.04. The predicted octanol–water partition coefficient (Wildman–Crippen LogP) is 2.47. The third kappa shape index (κ3) is 2.93. The van der Waals surface area contributed by atoms with Crippen molar-refractivity contribution >= 4 is 17.6 Å². The Labute approximate surface area is 131 Å². The van der Waals surface area contributed by atoms with Gasteiger partial charge < -0.3 is 14.9 Å². The zero-order chi connectivity index (χ0) is 16.3. The molecule has 1 fully saturated rings. The molecule has 22 heavy (non-hydrogen) atoms. The number of likely N-dealkylation sites (tertiary alicyclic amines) is 1. The number of hydrogen-bond donors (Lipinski definition) is 1. The van der Waals surface area contributed by atoms with Crippen LogP contribution in [0.4, 0.5) is 5.69 Å². The number of hydrogen-bond acceptors (Lipinski definition) is 3. The molecule has 0 bridgehead atoms. The van der Waals surface area contributed by atoms with E-state index in [1.165, 1.54) is 0 Å². The molecule has 0 unspecified atom stereocenters. The van der Waals surface area contributed by atoms with E-state index in [-0.39, 0.29) is 5.91 Å². The average molecular weight is 304 g/mol. The molecular formula is C17H24N2O3. The Bertz CT molecular complexity index is 571. The fourth-order valence-electron chi connectivity index (χ4n) is 3.13. The van der Waals surface area contributed by atoms with Crippen molar-refractivity contribution in [1.29, 1.82) is 0 Å². The number of para-hydroxylation sites is 1. The first-order chi connectivity index (χ1) is 10.4. The molecule has 0 saturated carbocycles. The van der Waals surface area contributed by atoms with Crippen LogP contribution in [0.15, 0.2) is 24.3 Å². The third-order valence-corrected chi connectivity index (χ3v) is 4.61. The topological polar surface area (TPSA) is 60.9 Å². The van der Waals surface area contributed by atoms with Gasteiger partial charge in [0.1, 0.15) is 0 Å². The van der Waals surface area contributed by atoms with Gasteiger partial charge in [0.05, 0.1) is 11.0 Å². The van der Waals surface area contributed by atoms with Gasteiger partial charge in [-0.25, -0.2) is 0 Å². The summed E-state index contributed by atoms with van der Waals surface area (Å²) in [5, 5.41) is 9.56. The number of anilines is 1. The summed E-state index contributed by atoms with van der Waals surface area (Å²) in [6.45, 7) is 2.80. The van der Waals surface area contributed by atoms with Crippen LogP contribution in [0, 0.1) is 5.41 Å². The summed E-state index contributed by atoms with van der Waals surface area (Å²) in [7, 11) is 3.80. The number of benzene rings is 1. The lowest BCUT2D eigenvalue weighted by Gasteiger charge is -2.39. The fourth-order valence-corrected chi connectivity index (χ4v) is 3.13. The van der Waals surface area contributed by atoms with Crippen LogP contribution in [0.5, 0.6) is 0 Å². The Morgan fingerprint density at radius 2 is 2.00 bits per heavy atom. The van der Waals surface area contributed by atoms with Crippen LogP contribution in [0.3, 0.4) is 0 Å². The Morgan fingerprint density at radius 1 is 1.32 bits per heavy atom. The first kappa shape index (κ1) is 16.3. The van der Waals surface area contributed by atoms with Gasteiger partial charge in [0.15, 0.2) is 0 Å². The third-order valence-electron chi connectivity index (χ3n) is 4.61. The van der Waals surface area contributed by atoms with Gasteiger partial charge in [-0.1, -0.05) is 19.1 Å². The summed E-state index contributed by atoms with van der Waals surface area (Å²) in [5.74, 6) is -0.878. The summed E-state index contributed by atoms with van der Waals surface area (Å²) >= 11 is 0. The molecule has 2 rings (SSSR count). The van der Waals surface area contributed by atoms with Gasteiger partial charge in [-0.05, 0) is 31.4 Å². The van der Waals surface area contributed by atoms with E-state index in [1.54, 1.807) is 11.0 Å². The van der Waals surface area contributed by atoms with Crippen molar-refractivity contribution in [1.82, 2.24) is 4.90 Å². The van der Waals surface area contributed by atoms with E-state index in [0.717, 1.165) is 12.1 Å². The molecule has 0 aromatic heterocycles. The van der Waals surface area contributed by atoms with Crippen LogP contribution in [0.1, 0.15) is 36.5 Å². The number of piperidine rings is 1. The maximum absolute atomic E-state index is 12.9. The normalized spacial score (nSPS) is 21.5. The van der Waals surface area contributed by atoms with Crippen molar-refractivity contribution < 1.29 is 14.7 Å². The smallest absolute Gasteiger partial charge is 0.311 e. The van der Waals surface area contributed by atoms with E-state index in [9.17, 15) is 14.7 Å². The van der Waals surface area contributed by atoms with Crippen LogP contribution in [0.2, 0.25) is 0 Å². The highest BCUT2D eigenvalue weighted by molar-refractivity contribution is 6.00. The SMILES string of the molecule is CC[C@@]1(C(=O)O)CCCN(C(=O)c2ccccc2N(C)C)C1. The van der Waals surface area contributed by atoms with E-state index in [4.69, 9.17) is 0 Å². The number of amides is 1. The highest BCUT2D eigenvalue weighted by Crippen LogP contribution is 2.34. The zero-order valence-electron chi connectivity index (χ0n) is 13.5. The van der Waals surface area contributed by atoms with Crippen molar-refractivity contribution in [3.63, 3.8) is 0 Å². The molecule has 1 heterocycles. The number of carboxylic acid groups (broad SMARTS) is 1. The van der Waals surface area contributed by atoms with Crippen LogP contribution in [0.25, 0.3) is 0 Å². The highest BCUT2D eigenvalue weighted by Gasteiger charge is 2.42. The van der Waals surface area contributed by atoms with Gasteiger partial charge in [-0.15, -0.1) is 0 Å². The second kappa shape index (κ2) is 6.38. The van der Waals surface area contributed by atoms with Crippen molar-refractivity contribution in [2.45, 2.75) is 26.2 Å². The van der Waals surface area contributed by atoms with Crippen LogP contribution in [-0.4, -0.2) is 49.1 Å². The molecular weight excluding hydrogens is 280 g/mol. The summed E-state index contributed by atoms with van der Waals surface area (Å²) in [6, 6.07) is 7.45. The van der Waals surface area contributed by atoms with Crippen LogP contribution in [-0.2, 0) is 4.79 Å². The standard InChI is InChI=1S/C17H24N2O3/c1-4-17(16(21)22)10-7-11-19(12-17)15(20)13-8-5-6-9-14(13)18(2)3/h5-6,8-9H,4,7,10-12H2,1-3H3,(H,21,22)/t17-/m1/s1. The molecule has 1 atom stereocenters. The van der Waals surface area contributed by atoms with Gasteiger partial charge in [0.25, 0.3) is 5.91 Å². The van der Waals surface area contributed by atoms with Crippen molar-refractivity contribution in [3.8, 4) is 0 Å². The summed E-state index contributed by atoms with van der Waals surface area (Å²) < 4.78 is 0. The van der Waals surface area contributed by atoms with Crippen molar-refractivity contribution in [2.75, 3.05) is 32.1 Å². The Balaban J connectivity index is 2.28. The van der Waals surface area contributed by atoms with Gasteiger partial charge in [-0.2, -0.15) is 0 Å². The molecule has 0 aliphatic carbocycles. The number of carbonyl (C=O) groups excluding carboxylic acids is 1. The van der Waals surface area contributed by atoms with Gasteiger partial charge >= 0.3 is 5.97 Å². The second-order valence-electron chi connectivity index (χ2n) is 6.18. The van der Waals surface area contributed by atoms with E-state index >= 15 is 0 Å². The van der Waals surface area contributed by atoms with Crippen molar-refractivity contribution in [2.24, 2.45) is 5.41 Å². The van der Waals surface area contributed by atoms with Crippen LogP contribution >= 0.6 is 0 Å². The Morgan fingerprint density at radius 3 is 2.59 bits per heavy atom. The largest absolute Gasteiger partial charge is 0.481 e. The van der Waals surface area contributed by atoms with Gasteiger partial charge in [-0.3, -0.25) is 9.59 Å². The van der Waals surface area contributed by atoms with Gasteiger partial charge in [0, 0.05) is 32.9 Å². The number of carboxylic acids is 1. The first-order valence-corrected chi connectivity index (χ1v) is 7.70. The van der Waals surface area contributed by atoms with E-state index in [0.29, 0.717) is 31.5 Å². The number of carbonyl (C=O) groups is 2. The maximum atomic E-state index is 12.9. The molecule has 1 N–H and O–H groups in total. The van der Waals surface area contributed by atoms with E-state index in [1.807, 2.05) is 44.1 Å². The van der Waals surface area contributed by atoms with Crippen LogP contribution < -0.4 is 4.90 Å². The maximum Gasteiger partial charge on any atom is 0.311 e. The lowest BCUT2D eigenvalue weighted by atomic mass is 9.77. The molecule has 1 aliphatic rings. The monoisotopic (exact) mass is 304 g/mol. The number of nitrogens with zero attached hydrogens (tertiary/aromatic N) is 2.